The molecule has 7 nitrogen and oxygen atoms in total. The number of ether oxygens (including phenoxy) is 4. The van der Waals surface area contributed by atoms with Crippen molar-refractivity contribution < 1.29 is 28.5 Å². The number of aliphatic imine (C=N–C) groups is 1. The fourth-order valence-corrected chi connectivity index (χ4v) is 2.59. The summed E-state index contributed by atoms with van der Waals surface area (Å²) in [4.78, 5) is 28.0. The van der Waals surface area contributed by atoms with E-state index >= 15 is 0 Å². The zero-order valence-corrected chi connectivity index (χ0v) is 16.1. The molecule has 0 fully saturated rings. The Hall–Kier alpha value is -3.35. The summed E-state index contributed by atoms with van der Waals surface area (Å²) in [5, 5.41) is 0. The first-order chi connectivity index (χ1) is 13.3. The minimum Gasteiger partial charge on any atom is -0.465 e. The Morgan fingerprint density at radius 2 is 1.61 bits per heavy atom. The average molecular weight is 383 g/mol. The molecule has 0 saturated carbocycles. The third-order valence-electron chi connectivity index (χ3n) is 3.74. The van der Waals surface area contributed by atoms with Crippen LogP contribution < -0.4 is 9.47 Å². The number of esters is 1. The van der Waals surface area contributed by atoms with Crippen molar-refractivity contribution in [2.45, 2.75) is 32.8 Å². The van der Waals surface area contributed by atoms with Crippen molar-refractivity contribution in [1.82, 2.24) is 0 Å². The lowest BCUT2D eigenvalue weighted by Crippen LogP contribution is -2.25. The van der Waals surface area contributed by atoms with Crippen molar-refractivity contribution >= 4 is 17.8 Å². The molecule has 28 heavy (non-hydrogen) atoms. The van der Waals surface area contributed by atoms with E-state index in [4.69, 9.17) is 18.9 Å². The standard InChI is InChI=1S/C21H21NO6/c1-21(2,3)28-20(24)22-14(19(23)25-4)12-13-8-7-11-17-18(13)27-16-10-6-5-9-15(16)26-17/h5-11H,12H2,1-4H3. The molecule has 0 spiro atoms. The molecule has 3 rings (SSSR count). The van der Waals surface area contributed by atoms with Gasteiger partial charge in [-0.1, -0.05) is 24.3 Å². The Labute approximate surface area is 162 Å². The lowest BCUT2D eigenvalue weighted by molar-refractivity contribution is -0.132. The van der Waals surface area contributed by atoms with E-state index in [0.29, 0.717) is 28.6 Å². The molecule has 0 bridgehead atoms. The highest BCUT2D eigenvalue weighted by molar-refractivity contribution is 6.38. The first kappa shape index (κ1) is 19.4. The van der Waals surface area contributed by atoms with E-state index in [1.807, 2.05) is 12.1 Å². The van der Waals surface area contributed by atoms with Crippen LogP contribution in [0.2, 0.25) is 0 Å². The molecule has 0 aromatic heterocycles. The first-order valence-corrected chi connectivity index (χ1v) is 8.72. The molecular formula is C21H21NO6. The molecule has 1 aliphatic rings. The smallest absolute Gasteiger partial charge is 0.434 e. The van der Waals surface area contributed by atoms with Gasteiger partial charge in [-0.25, -0.2) is 9.59 Å². The van der Waals surface area contributed by atoms with Crippen LogP contribution in [0.5, 0.6) is 23.0 Å². The maximum absolute atomic E-state index is 12.2. The second-order valence-electron chi connectivity index (χ2n) is 7.10. The number of rotatable bonds is 3. The minimum absolute atomic E-state index is 0.0145. The topological polar surface area (TPSA) is 83.4 Å². The number of carbonyl (C=O) groups is 2. The first-order valence-electron chi connectivity index (χ1n) is 8.72. The van der Waals surface area contributed by atoms with E-state index in [-0.39, 0.29) is 12.1 Å². The maximum atomic E-state index is 12.2. The number of carbonyl (C=O) groups excluding carboxylic acids is 2. The molecule has 2 aromatic carbocycles. The molecule has 146 valence electrons. The van der Waals surface area contributed by atoms with E-state index in [1.54, 1.807) is 51.1 Å². The van der Waals surface area contributed by atoms with Gasteiger partial charge in [-0.2, -0.15) is 4.99 Å². The SMILES string of the molecule is COC(=O)C(Cc1cccc2c1Oc1ccccc1O2)=NC(=O)OC(C)(C)C. The van der Waals surface area contributed by atoms with E-state index < -0.39 is 17.7 Å². The lowest BCUT2D eigenvalue weighted by Gasteiger charge is -2.22. The quantitative estimate of drug-likeness (QED) is 0.482. The number of para-hydroxylation sites is 3. The third kappa shape index (κ3) is 4.49. The van der Waals surface area contributed by atoms with E-state index in [2.05, 4.69) is 4.99 Å². The zero-order valence-electron chi connectivity index (χ0n) is 16.1. The summed E-state index contributed by atoms with van der Waals surface area (Å²) >= 11 is 0. The summed E-state index contributed by atoms with van der Waals surface area (Å²) in [6.07, 6.45) is -0.846. The van der Waals surface area contributed by atoms with Crippen LogP contribution in [0, 0.1) is 0 Å². The van der Waals surface area contributed by atoms with Gasteiger partial charge in [0.25, 0.3) is 0 Å². The van der Waals surface area contributed by atoms with Crippen LogP contribution in [0.25, 0.3) is 0 Å². The van der Waals surface area contributed by atoms with Crippen molar-refractivity contribution in [1.29, 1.82) is 0 Å². The lowest BCUT2D eigenvalue weighted by atomic mass is 10.1. The fourth-order valence-electron chi connectivity index (χ4n) is 2.59. The Morgan fingerprint density at radius 3 is 2.25 bits per heavy atom. The Balaban J connectivity index is 1.91. The Bertz CT molecular complexity index is 942. The van der Waals surface area contributed by atoms with Gasteiger partial charge in [0.15, 0.2) is 23.0 Å². The second kappa shape index (κ2) is 7.72. The maximum Gasteiger partial charge on any atom is 0.434 e. The van der Waals surface area contributed by atoms with Gasteiger partial charge in [-0.05, 0) is 39.0 Å². The summed E-state index contributed by atoms with van der Waals surface area (Å²) in [6, 6.07) is 12.6. The molecule has 0 radical (unpaired) electrons. The van der Waals surface area contributed by atoms with Gasteiger partial charge in [0.1, 0.15) is 11.3 Å². The van der Waals surface area contributed by atoms with Gasteiger partial charge >= 0.3 is 12.1 Å². The average Bonchev–Trinajstić information content (AvgIpc) is 2.64. The van der Waals surface area contributed by atoms with Gasteiger partial charge in [-0.3, -0.25) is 0 Å². The second-order valence-corrected chi connectivity index (χ2v) is 7.10. The number of nitrogens with zero attached hydrogens (tertiary/aromatic N) is 1. The Kier molecular flexibility index (Phi) is 5.35. The van der Waals surface area contributed by atoms with Crippen molar-refractivity contribution in [2.75, 3.05) is 7.11 Å². The van der Waals surface area contributed by atoms with E-state index in [9.17, 15) is 9.59 Å². The predicted octanol–water partition coefficient (Wildman–Crippen LogP) is 4.68. The van der Waals surface area contributed by atoms with Crippen LogP contribution in [0.4, 0.5) is 4.79 Å². The van der Waals surface area contributed by atoms with Crippen molar-refractivity contribution in [3.05, 3.63) is 48.0 Å². The van der Waals surface area contributed by atoms with Crippen LogP contribution in [-0.2, 0) is 20.7 Å². The molecule has 0 saturated heterocycles. The van der Waals surface area contributed by atoms with Crippen LogP contribution in [-0.4, -0.2) is 30.5 Å². The van der Waals surface area contributed by atoms with E-state index in [1.165, 1.54) is 7.11 Å². The fraction of sp³-hybridized carbons (Fsp3) is 0.286. The summed E-state index contributed by atoms with van der Waals surface area (Å²) < 4.78 is 21.8. The normalized spacial score (nSPS) is 12.8. The molecule has 0 atom stereocenters. The highest BCUT2D eigenvalue weighted by Crippen LogP contribution is 2.46. The summed E-state index contributed by atoms with van der Waals surface area (Å²) in [7, 11) is 1.23. The molecule has 1 heterocycles. The van der Waals surface area contributed by atoms with Gasteiger partial charge in [0.05, 0.1) is 7.11 Å². The Morgan fingerprint density at radius 1 is 0.964 bits per heavy atom. The van der Waals surface area contributed by atoms with Crippen LogP contribution >= 0.6 is 0 Å². The van der Waals surface area contributed by atoms with E-state index in [0.717, 1.165) is 0 Å². The van der Waals surface area contributed by atoms with Gasteiger partial charge in [0.2, 0.25) is 0 Å². The highest BCUT2D eigenvalue weighted by atomic mass is 16.6. The van der Waals surface area contributed by atoms with Gasteiger partial charge in [0, 0.05) is 12.0 Å². The molecule has 0 aliphatic carbocycles. The third-order valence-corrected chi connectivity index (χ3v) is 3.74. The van der Waals surface area contributed by atoms with Crippen LogP contribution in [0.15, 0.2) is 47.5 Å². The van der Waals surface area contributed by atoms with Crippen molar-refractivity contribution in [3.8, 4) is 23.0 Å². The number of fused-ring (bicyclic) bond motifs is 2. The molecule has 0 unspecified atom stereocenters. The number of methoxy groups -OCH3 is 1. The molecule has 1 amide bonds. The molecule has 1 aliphatic heterocycles. The van der Waals surface area contributed by atoms with Gasteiger partial charge in [-0.15, -0.1) is 0 Å². The minimum atomic E-state index is -0.861. The number of amides is 1. The molecule has 0 N–H and O–H groups in total. The van der Waals surface area contributed by atoms with Crippen molar-refractivity contribution in [2.24, 2.45) is 4.99 Å². The summed E-state index contributed by atoms with van der Waals surface area (Å²) in [5.41, 5.74) is -0.193. The molecular weight excluding hydrogens is 362 g/mol. The predicted molar refractivity (Wildman–Crippen MR) is 102 cm³/mol. The van der Waals surface area contributed by atoms with Crippen LogP contribution in [0.3, 0.4) is 0 Å². The monoisotopic (exact) mass is 383 g/mol. The molecule has 7 heteroatoms. The number of hydrogen-bond acceptors (Lipinski definition) is 6. The zero-order chi connectivity index (χ0) is 20.3. The number of benzene rings is 2. The summed E-state index contributed by atoms with van der Waals surface area (Å²) in [6.45, 7) is 5.15. The summed E-state index contributed by atoms with van der Waals surface area (Å²) in [5.74, 6) is 1.41. The van der Waals surface area contributed by atoms with Crippen molar-refractivity contribution in [3.63, 3.8) is 0 Å². The van der Waals surface area contributed by atoms with Gasteiger partial charge < -0.3 is 18.9 Å². The van der Waals surface area contributed by atoms with Crippen LogP contribution in [0.1, 0.15) is 26.3 Å². The highest BCUT2D eigenvalue weighted by Gasteiger charge is 2.25. The molecule has 2 aromatic rings. The number of hydrogen-bond donors (Lipinski definition) is 0. The largest absolute Gasteiger partial charge is 0.465 e.